The number of rotatable bonds is 3. The minimum absolute atomic E-state index is 0.161. The van der Waals surface area contributed by atoms with Crippen molar-refractivity contribution < 1.29 is 9.59 Å². The van der Waals surface area contributed by atoms with Gasteiger partial charge in [-0.3, -0.25) is 9.59 Å². The fraction of sp³-hybridized carbons (Fsp3) is 0.227. The maximum atomic E-state index is 13.0. The van der Waals surface area contributed by atoms with Crippen molar-refractivity contribution >= 4 is 28.5 Å². The van der Waals surface area contributed by atoms with E-state index in [9.17, 15) is 9.59 Å². The Labute approximate surface area is 152 Å². The summed E-state index contributed by atoms with van der Waals surface area (Å²) in [5.41, 5.74) is 3.03. The highest BCUT2D eigenvalue weighted by Gasteiger charge is 2.46. The first kappa shape index (κ1) is 16.5. The van der Waals surface area contributed by atoms with E-state index in [1.54, 1.807) is 6.07 Å². The SMILES string of the molecule is Cc1ccc(C[C@@H]2C(=O)N(c3ccc4ccccc4n3)C(=O)[C@@H]2C)cc1. The van der Waals surface area contributed by atoms with E-state index >= 15 is 0 Å². The number of aromatic nitrogens is 1. The third kappa shape index (κ3) is 2.77. The first-order valence-corrected chi connectivity index (χ1v) is 8.84. The van der Waals surface area contributed by atoms with Crippen molar-refractivity contribution in [1.29, 1.82) is 0 Å². The summed E-state index contributed by atoms with van der Waals surface area (Å²) in [6.07, 6.45) is 0.566. The van der Waals surface area contributed by atoms with Crippen molar-refractivity contribution in [2.75, 3.05) is 4.90 Å². The summed E-state index contributed by atoms with van der Waals surface area (Å²) in [6, 6.07) is 19.4. The Balaban J connectivity index is 1.65. The number of para-hydroxylation sites is 1. The molecule has 26 heavy (non-hydrogen) atoms. The second kappa shape index (κ2) is 6.37. The third-order valence-electron chi connectivity index (χ3n) is 5.14. The zero-order chi connectivity index (χ0) is 18.3. The number of amides is 2. The van der Waals surface area contributed by atoms with Crippen molar-refractivity contribution in [1.82, 2.24) is 4.98 Å². The molecule has 2 heterocycles. The predicted molar refractivity (Wildman–Crippen MR) is 102 cm³/mol. The molecule has 1 aliphatic rings. The molecule has 2 atom stereocenters. The van der Waals surface area contributed by atoms with Crippen molar-refractivity contribution in [3.8, 4) is 0 Å². The van der Waals surface area contributed by atoms with E-state index in [4.69, 9.17) is 0 Å². The molecule has 1 aliphatic heterocycles. The highest BCUT2D eigenvalue weighted by molar-refractivity contribution is 6.21. The highest BCUT2D eigenvalue weighted by atomic mass is 16.2. The summed E-state index contributed by atoms with van der Waals surface area (Å²) in [5.74, 6) is -0.617. The second-order valence-corrected chi connectivity index (χ2v) is 6.96. The number of carbonyl (C=O) groups is 2. The Morgan fingerprint density at radius 3 is 2.42 bits per heavy atom. The number of carbonyl (C=O) groups excluding carboxylic acids is 2. The molecule has 2 amide bonds. The Hall–Kier alpha value is -3.01. The molecule has 130 valence electrons. The molecule has 1 fully saturated rings. The number of hydrogen-bond donors (Lipinski definition) is 0. The molecule has 1 aromatic heterocycles. The van der Waals surface area contributed by atoms with Gasteiger partial charge in [0.1, 0.15) is 5.82 Å². The van der Waals surface area contributed by atoms with E-state index in [1.807, 2.05) is 68.4 Å². The largest absolute Gasteiger partial charge is 0.274 e. The van der Waals surface area contributed by atoms with Gasteiger partial charge in [-0.15, -0.1) is 0 Å². The summed E-state index contributed by atoms with van der Waals surface area (Å²) in [6.45, 7) is 3.86. The van der Waals surface area contributed by atoms with Crippen molar-refractivity contribution in [2.24, 2.45) is 11.8 Å². The van der Waals surface area contributed by atoms with Gasteiger partial charge in [-0.1, -0.05) is 55.0 Å². The lowest BCUT2D eigenvalue weighted by atomic mass is 9.90. The fourth-order valence-corrected chi connectivity index (χ4v) is 3.51. The fourth-order valence-electron chi connectivity index (χ4n) is 3.51. The minimum Gasteiger partial charge on any atom is -0.274 e. The Morgan fingerprint density at radius 1 is 0.923 bits per heavy atom. The summed E-state index contributed by atoms with van der Waals surface area (Å²) < 4.78 is 0. The lowest BCUT2D eigenvalue weighted by Crippen LogP contribution is -2.31. The molecule has 1 saturated heterocycles. The van der Waals surface area contributed by atoms with Gasteiger partial charge in [0, 0.05) is 11.3 Å². The number of anilines is 1. The van der Waals surface area contributed by atoms with E-state index in [0.29, 0.717) is 12.2 Å². The van der Waals surface area contributed by atoms with Crippen LogP contribution in [0.15, 0.2) is 60.7 Å². The Bertz CT molecular complexity index is 994. The molecule has 0 unspecified atom stereocenters. The minimum atomic E-state index is -0.350. The zero-order valence-electron chi connectivity index (χ0n) is 14.8. The van der Waals surface area contributed by atoms with Crippen LogP contribution in [0.4, 0.5) is 5.82 Å². The van der Waals surface area contributed by atoms with Gasteiger partial charge in [0.25, 0.3) is 0 Å². The molecule has 0 N–H and O–H groups in total. The molecule has 3 aromatic rings. The van der Waals surface area contributed by atoms with Crippen LogP contribution in [-0.2, 0) is 16.0 Å². The molecule has 2 aromatic carbocycles. The molecular formula is C22H20N2O2. The van der Waals surface area contributed by atoms with Gasteiger partial charge in [-0.05, 0) is 37.1 Å². The van der Waals surface area contributed by atoms with E-state index < -0.39 is 0 Å². The number of fused-ring (bicyclic) bond motifs is 1. The smallest absolute Gasteiger partial charge is 0.239 e. The van der Waals surface area contributed by atoms with E-state index in [0.717, 1.165) is 16.5 Å². The third-order valence-corrected chi connectivity index (χ3v) is 5.14. The highest BCUT2D eigenvalue weighted by Crippen LogP contribution is 2.33. The van der Waals surface area contributed by atoms with Gasteiger partial charge in [-0.2, -0.15) is 0 Å². The first-order valence-electron chi connectivity index (χ1n) is 8.84. The Kier molecular flexibility index (Phi) is 4.03. The van der Waals surface area contributed by atoms with Crippen molar-refractivity contribution in [3.05, 3.63) is 71.8 Å². The van der Waals surface area contributed by atoms with Crippen LogP contribution in [0.25, 0.3) is 10.9 Å². The molecule has 4 rings (SSSR count). The van der Waals surface area contributed by atoms with Crippen LogP contribution in [-0.4, -0.2) is 16.8 Å². The van der Waals surface area contributed by atoms with Crippen LogP contribution in [0.3, 0.4) is 0 Å². The molecule has 0 aliphatic carbocycles. The van der Waals surface area contributed by atoms with E-state index in [2.05, 4.69) is 4.98 Å². The lowest BCUT2D eigenvalue weighted by molar-refractivity contribution is -0.122. The van der Waals surface area contributed by atoms with Gasteiger partial charge < -0.3 is 0 Å². The number of hydrogen-bond acceptors (Lipinski definition) is 3. The van der Waals surface area contributed by atoms with E-state index in [1.165, 1.54) is 10.5 Å². The summed E-state index contributed by atoms with van der Waals surface area (Å²) in [7, 11) is 0. The number of nitrogens with zero attached hydrogens (tertiary/aromatic N) is 2. The molecule has 4 heteroatoms. The van der Waals surface area contributed by atoms with Crippen LogP contribution in [0.1, 0.15) is 18.1 Å². The molecule has 4 nitrogen and oxygen atoms in total. The van der Waals surface area contributed by atoms with Crippen LogP contribution in [0, 0.1) is 18.8 Å². The number of imide groups is 1. The van der Waals surface area contributed by atoms with Gasteiger partial charge in [0.15, 0.2) is 0 Å². The van der Waals surface area contributed by atoms with Crippen LogP contribution < -0.4 is 4.90 Å². The van der Waals surface area contributed by atoms with Crippen molar-refractivity contribution in [3.63, 3.8) is 0 Å². The first-order chi connectivity index (χ1) is 12.5. The predicted octanol–water partition coefficient (Wildman–Crippen LogP) is 3.91. The standard InChI is InChI=1S/C22H20N2O2/c1-14-7-9-16(10-8-14)13-18-15(2)21(25)24(22(18)26)20-12-11-17-5-3-4-6-19(17)23-20/h3-12,15,18H,13H2,1-2H3/t15-,18+/m1/s1. The summed E-state index contributed by atoms with van der Waals surface area (Å²) in [4.78, 5) is 31.6. The Morgan fingerprint density at radius 2 is 1.65 bits per heavy atom. The summed E-state index contributed by atoms with van der Waals surface area (Å²) in [5, 5.41) is 0.986. The van der Waals surface area contributed by atoms with Gasteiger partial charge in [0.05, 0.1) is 11.4 Å². The normalized spacial score (nSPS) is 20.2. The second-order valence-electron chi connectivity index (χ2n) is 6.96. The van der Waals surface area contributed by atoms with Gasteiger partial charge >= 0.3 is 0 Å². The van der Waals surface area contributed by atoms with Crippen LogP contribution >= 0.6 is 0 Å². The van der Waals surface area contributed by atoms with Crippen LogP contribution in [0.2, 0.25) is 0 Å². The molecule has 0 bridgehead atoms. The average Bonchev–Trinajstić information content (AvgIpc) is 2.86. The van der Waals surface area contributed by atoms with Gasteiger partial charge in [-0.25, -0.2) is 9.88 Å². The number of benzene rings is 2. The zero-order valence-corrected chi connectivity index (χ0v) is 14.8. The molecule has 0 spiro atoms. The van der Waals surface area contributed by atoms with Gasteiger partial charge in [0.2, 0.25) is 11.8 Å². The lowest BCUT2D eigenvalue weighted by Gasteiger charge is -2.14. The average molecular weight is 344 g/mol. The topological polar surface area (TPSA) is 50.3 Å². The molecular weight excluding hydrogens is 324 g/mol. The molecule has 0 radical (unpaired) electrons. The molecule has 0 saturated carbocycles. The maximum Gasteiger partial charge on any atom is 0.239 e. The maximum absolute atomic E-state index is 13.0. The van der Waals surface area contributed by atoms with Crippen LogP contribution in [0.5, 0.6) is 0 Å². The summed E-state index contributed by atoms with van der Waals surface area (Å²) >= 11 is 0. The van der Waals surface area contributed by atoms with E-state index in [-0.39, 0.29) is 23.7 Å². The van der Waals surface area contributed by atoms with Crippen molar-refractivity contribution in [2.45, 2.75) is 20.3 Å². The number of aryl methyl sites for hydroxylation is 1. The number of pyridine rings is 1. The quantitative estimate of drug-likeness (QED) is 0.677. The monoisotopic (exact) mass is 344 g/mol.